The van der Waals surface area contributed by atoms with Crippen molar-refractivity contribution in [2.24, 2.45) is 5.92 Å². The standard InChI is InChI=1S/C24H18BrCl3F2N2O2/c1-3-17(11-19(12(2)26)22(33)32-18-6-4-16(29)5-7-18)31-23(34)21-20(24(21,25)30)13-8-14(27)10-15(28)9-13/h3-11,20-21H,2H2,1H3,(H,31,34)(H,32,33)/b17-3+,19-11+. The minimum atomic E-state index is -1.99. The maximum absolute atomic E-state index is 15.1. The maximum atomic E-state index is 15.1. The first kappa shape index (κ1) is 26.4. The van der Waals surface area contributed by atoms with Crippen molar-refractivity contribution in [1.29, 1.82) is 0 Å². The number of halogens is 6. The first-order valence-corrected chi connectivity index (χ1v) is 11.8. The second-order valence-electron chi connectivity index (χ2n) is 7.49. The van der Waals surface area contributed by atoms with Crippen molar-refractivity contribution in [2.75, 3.05) is 5.32 Å². The van der Waals surface area contributed by atoms with Crippen LogP contribution >= 0.6 is 50.7 Å². The van der Waals surface area contributed by atoms with Gasteiger partial charge in [-0.2, -0.15) is 0 Å². The van der Waals surface area contributed by atoms with Crippen LogP contribution in [0.4, 0.5) is 14.5 Å². The summed E-state index contributed by atoms with van der Waals surface area (Å²) in [5.74, 6) is -3.58. The molecule has 2 aromatic rings. The number of alkyl halides is 2. The first-order chi connectivity index (χ1) is 15.9. The lowest BCUT2D eigenvalue weighted by molar-refractivity contribution is -0.122. The highest BCUT2D eigenvalue weighted by atomic mass is 79.9. The van der Waals surface area contributed by atoms with Gasteiger partial charge in [0.1, 0.15) is 5.82 Å². The molecule has 2 aromatic carbocycles. The van der Waals surface area contributed by atoms with Gasteiger partial charge in [-0.3, -0.25) is 9.59 Å². The van der Waals surface area contributed by atoms with Crippen LogP contribution in [-0.4, -0.2) is 16.4 Å². The lowest BCUT2D eigenvalue weighted by Gasteiger charge is -2.11. The highest BCUT2D eigenvalue weighted by molar-refractivity contribution is 9.10. The molecular weight excluding hydrogens is 573 g/mol. The highest BCUT2D eigenvalue weighted by Crippen LogP contribution is 2.64. The van der Waals surface area contributed by atoms with Gasteiger partial charge in [-0.25, -0.2) is 8.78 Å². The Bertz CT molecular complexity index is 1190. The summed E-state index contributed by atoms with van der Waals surface area (Å²) in [6.07, 6.45) is 2.83. The van der Waals surface area contributed by atoms with Crippen LogP contribution in [0.3, 0.4) is 0 Å². The molecule has 4 nitrogen and oxygen atoms in total. The van der Waals surface area contributed by atoms with Crippen LogP contribution in [0.5, 0.6) is 0 Å². The zero-order valence-electron chi connectivity index (χ0n) is 17.6. The number of allylic oxidation sites excluding steroid dienone is 2. The number of hydrogen-bond donors (Lipinski definition) is 2. The third kappa shape index (κ3) is 6.08. The quantitative estimate of drug-likeness (QED) is 0.203. The van der Waals surface area contributed by atoms with Gasteiger partial charge in [0.2, 0.25) is 5.91 Å². The number of carbonyl (C=O) groups excluding carboxylic acids is 2. The Morgan fingerprint density at radius 1 is 1.15 bits per heavy atom. The molecule has 178 valence electrons. The van der Waals surface area contributed by atoms with Gasteiger partial charge < -0.3 is 10.6 Å². The van der Waals surface area contributed by atoms with Gasteiger partial charge in [0.25, 0.3) is 5.91 Å². The summed E-state index contributed by atoms with van der Waals surface area (Å²) in [4.78, 5) is 25.6. The fourth-order valence-corrected chi connectivity index (χ4v) is 4.94. The van der Waals surface area contributed by atoms with E-state index >= 15 is 4.39 Å². The molecule has 3 unspecified atom stereocenters. The molecule has 0 aromatic heterocycles. The second-order valence-corrected chi connectivity index (χ2v) is 10.0. The van der Waals surface area contributed by atoms with E-state index in [-0.39, 0.29) is 16.3 Å². The molecule has 2 amide bonds. The van der Waals surface area contributed by atoms with E-state index in [0.29, 0.717) is 21.3 Å². The van der Waals surface area contributed by atoms with Crippen molar-refractivity contribution >= 4 is 68.2 Å². The van der Waals surface area contributed by atoms with Crippen molar-refractivity contribution < 1.29 is 18.4 Å². The Morgan fingerprint density at radius 3 is 2.26 bits per heavy atom. The third-order valence-electron chi connectivity index (χ3n) is 5.10. The molecule has 0 aliphatic heterocycles. The van der Waals surface area contributed by atoms with E-state index in [1.54, 1.807) is 19.1 Å². The molecule has 0 spiro atoms. The summed E-state index contributed by atoms with van der Waals surface area (Å²) >= 11 is 21.0. The molecule has 1 aliphatic carbocycles. The van der Waals surface area contributed by atoms with Gasteiger partial charge in [0.05, 0.1) is 11.5 Å². The molecule has 0 radical (unpaired) electrons. The monoisotopic (exact) mass is 588 g/mol. The van der Waals surface area contributed by atoms with Gasteiger partial charge in [-0.15, -0.1) is 0 Å². The van der Waals surface area contributed by atoms with E-state index in [1.807, 2.05) is 0 Å². The number of carbonyl (C=O) groups is 2. The fraction of sp³-hybridized carbons (Fsp3) is 0.167. The van der Waals surface area contributed by atoms with Crippen molar-refractivity contribution in [3.05, 3.63) is 98.9 Å². The van der Waals surface area contributed by atoms with Crippen LogP contribution in [0.25, 0.3) is 0 Å². The summed E-state index contributed by atoms with van der Waals surface area (Å²) < 4.78 is 26.2. The SMILES string of the molecule is C=C(Cl)/C(=C\C(=C/C)NC(=O)C1C(c2cc(Cl)cc(Cl)c2)C1(F)Br)C(=O)Nc1ccc(F)cc1. The summed E-state index contributed by atoms with van der Waals surface area (Å²) in [7, 11) is 0. The van der Waals surface area contributed by atoms with E-state index in [4.69, 9.17) is 34.8 Å². The maximum Gasteiger partial charge on any atom is 0.257 e. The summed E-state index contributed by atoms with van der Waals surface area (Å²) in [6, 6.07) is 9.75. The Hall–Kier alpha value is -2.19. The van der Waals surface area contributed by atoms with E-state index in [2.05, 4.69) is 33.1 Å². The van der Waals surface area contributed by atoms with Gasteiger partial charge >= 0.3 is 0 Å². The van der Waals surface area contributed by atoms with Gasteiger partial charge in [0.15, 0.2) is 4.58 Å². The number of nitrogens with one attached hydrogen (secondary N) is 2. The van der Waals surface area contributed by atoms with E-state index in [1.165, 1.54) is 42.5 Å². The molecule has 2 N–H and O–H groups in total. The number of hydrogen-bond acceptors (Lipinski definition) is 2. The Kier molecular flexibility index (Phi) is 8.24. The average molecular weight is 591 g/mol. The molecule has 3 atom stereocenters. The zero-order chi connectivity index (χ0) is 25.2. The van der Waals surface area contributed by atoms with Gasteiger partial charge in [-0.05, 0) is 77.0 Å². The Balaban J connectivity index is 1.77. The van der Waals surface area contributed by atoms with Gasteiger partial charge in [-0.1, -0.05) is 47.5 Å². The number of benzene rings is 2. The Morgan fingerprint density at radius 2 is 1.74 bits per heavy atom. The lowest BCUT2D eigenvalue weighted by atomic mass is 10.1. The average Bonchev–Trinajstić information content (AvgIpc) is 3.33. The van der Waals surface area contributed by atoms with E-state index < -0.39 is 34.0 Å². The lowest BCUT2D eigenvalue weighted by Crippen LogP contribution is -2.26. The summed E-state index contributed by atoms with van der Waals surface area (Å²) in [6.45, 7) is 5.20. The van der Waals surface area contributed by atoms with Crippen molar-refractivity contribution in [3.63, 3.8) is 0 Å². The minimum absolute atomic E-state index is 0.0429. The van der Waals surface area contributed by atoms with Crippen LogP contribution in [0, 0.1) is 11.7 Å². The largest absolute Gasteiger partial charge is 0.326 e. The van der Waals surface area contributed by atoms with Crippen molar-refractivity contribution in [1.82, 2.24) is 5.32 Å². The van der Waals surface area contributed by atoms with Crippen molar-refractivity contribution in [3.8, 4) is 0 Å². The Labute approximate surface area is 218 Å². The third-order valence-corrected chi connectivity index (χ3v) is 6.72. The molecule has 0 saturated heterocycles. The summed E-state index contributed by atoms with van der Waals surface area (Å²) in [5.41, 5.74) is 0.972. The van der Waals surface area contributed by atoms with Crippen LogP contribution in [0.1, 0.15) is 18.4 Å². The number of amides is 2. The predicted molar refractivity (Wildman–Crippen MR) is 135 cm³/mol. The molecular formula is C24H18BrCl3F2N2O2. The van der Waals surface area contributed by atoms with E-state index in [9.17, 15) is 14.0 Å². The normalized spacial score (nSPS) is 22.2. The predicted octanol–water partition coefficient (Wildman–Crippen LogP) is 7.24. The molecule has 1 aliphatic rings. The van der Waals surface area contributed by atoms with Crippen LogP contribution in [0.15, 0.2) is 77.5 Å². The van der Waals surface area contributed by atoms with Crippen LogP contribution < -0.4 is 10.6 Å². The topological polar surface area (TPSA) is 58.2 Å². The van der Waals surface area contributed by atoms with Crippen molar-refractivity contribution in [2.45, 2.75) is 17.4 Å². The number of anilines is 1. The fourth-order valence-electron chi connectivity index (χ4n) is 3.39. The van der Waals surface area contributed by atoms with Gasteiger partial charge in [0, 0.05) is 32.4 Å². The molecule has 34 heavy (non-hydrogen) atoms. The van der Waals surface area contributed by atoms with Crippen LogP contribution in [0.2, 0.25) is 10.0 Å². The molecule has 1 saturated carbocycles. The molecule has 1 fully saturated rings. The molecule has 0 heterocycles. The minimum Gasteiger partial charge on any atom is -0.326 e. The first-order valence-electron chi connectivity index (χ1n) is 9.88. The second kappa shape index (κ2) is 10.6. The molecule has 3 rings (SSSR count). The van der Waals surface area contributed by atoms with Crippen LogP contribution in [-0.2, 0) is 9.59 Å². The van der Waals surface area contributed by atoms with E-state index in [0.717, 1.165) is 0 Å². The smallest absolute Gasteiger partial charge is 0.257 e. The highest BCUT2D eigenvalue weighted by Gasteiger charge is 2.69. The summed E-state index contributed by atoms with van der Waals surface area (Å²) in [5, 5.41) is 5.73. The zero-order valence-corrected chi connectivity index (χ0v) is 21.5. The number of rotatable bonds is 7. The molecule has 10 heteroatoms. The molecule has 0 bridgehead atoms.